The number of rotatable bonds is 1. The summed E-state index contributed by atoms with van der Waals surface area (Å²) in [4.78, 5) is 0. The lowest BCUT2D eigenvalue weighted by atomic mass is 9.68. The zero-order valence-corrected chi connectivity index (χ0v) is 27.6. The summed E-state index contributed by atoms with van der Waals surface area (Å²) in [5.74, 6) is 0. The van der Waals surface area contributed by atoms with Crippen LogP contribution < -0.4 is 0 Å². The molecule has 0 saturated carbocycles. The van der Waals surface area contributed by atoms with E-state index in [1.165, 1.54) is 99.1 Å². The van der Waals surface area contributed by atoms with Crippen molar-refractivity contribution in [3.05, 3.63) is 156 Å². The van der Waals surface area contributed by atoms with Crippen molar-refractivity contribution in [1.29, 1.82) is 0 Å². The van der Waals surface area contributed by atoms with Crippen LogP contribution in [0, 0.1) is 0 Å². The minimum Gasteiger partial charge on any atom is -0.309 e. The average Bonchev–Trinajstić information content (AvgIpc) is 3.62. The SMILES string of the molecule is CC1(C)c2cc3c(cc2-c2cccc4cccc1c24)c1cc(-n2c4ccccc4c4ccccc42)cc2c1n3-c1ccccc1C2(C)C. The first-order chi connectivity index (χ1) is 23.3. The maximum atomic E-state index is 2.58. The number of hydrogen-bond acceptors (Lipinski definition) is 0. The molecule has 0 fully saturated rings. The van der Waals surface area contributed by atoms with Gasteiger partial charge in [0.15, 0.2) is 0 Å². The minimum atomic E-state index is -0.186. The Morgan fingerprint density at radius 1 is 0.417 bits per heavy atom. The summed E-state index contributed by atoms with van der Waals surface area (Å²) in [7, 11) is 0. The van der Waals surface area contributed by atoms with Gasteiger partial charge in [-0.1, -0.05) is 119 Å². The van der Waals surface area contributed by atoms with Gasteiger partial charge >= 0.3 is 0 Å². The Labute approximate surface area is 279 Å². The van der Waals surface area contributed by atoms with Crippen molar-refractivity contribution < 1.29 is 0 Å². The Morgan fingerprint density at radius 3 is 1.83 bits per heavy atom. The molecule has 0 bridgehead atoms. The molecule has 228 valence electrons. The van der Waals surface area contributed by atoms with Crippen molar-refractivity contribution in [2.75, 3.05) is 0 Å². The van der Waals surface area contributed by atoms with Crippen LogP contribution >= 0.6 is 0 Å². The highest BCUT2D eigenvalue weighted by atomic mass is 15.0. The van der Waals surface area contributed by atoms with Gasteiger partial charge in [0.25, 0.3) is 0 Å². The predicted molar refractivity (Wildman–Crippen MR) is 202 cm³/mol. The van der Waals surface area contributed by atoms with E-state index in [0.29, 0.717) is 0 Å². The summed E-state index contributed by atoms with van der Waals surface area (Å²) in [6.07, 6.45) is 0. The Morgan fingerprint density at radius 2 is 1.06 bits per heavy atom. The van der Waals surface area contributed by atoms with Gasteiger partial charge in [0, 0.05) is 38.1 Å². The molecule has 0 saturated heterocycles. The van der Waals surface area contributed by atoms with E-state index in [2.05, 4.69) is 170 Å². The first kappa shape index (κ1) is 26.5. The van der Waals surface area contributed by atoms with Gasteiger partial charge in [-0.2, -0.15) is 0 Å². The third-order valence-corrected chi connectivity index (χ3v) is 11.9. The summed E-state index contributed by atoms with van der Waals surface area (Å²) in [6, 6.07) is 50.4. The maximum absolute atomic E-state index is 2.58. The van der Waals surface area contributed by atoms with Gasteiger partial charge in [0.05, 0.1) is 27.8 Å². The van der Waals surface area contributed by atoms with Gasteiger partial charge in [0.1, 0.15) is 0 Å². The standard InChI is InChI=1S/C46H34N2/c1-45(2)35-18-7-10-22-41(35)48-42-26-37-32(31-17-11-13-27-14-12-19-36(43(27)31)46(37,3)4)25-33(42)34-23-28(24-38(45)44(34)48)47-39-20-8-5-15-29(39)30-16-6-9-21-40(30)47/h5-26H,1-4H3. The molecular weight excluding hydrogens is 581 g/mol. The topological polar surface area (TPSA) is 9.86 Å². The number of nitrogens with zero attached hydrogens (tertiary/aromatic N) is 2. The van der Waals surface area contributed by atoms with E-state index in [1.54, 1.807) is 0 Å². The van der Waals surface area contributed by atoms with Crippen LogP contribution in [-0.2, 0) is 10.8 Å². The van der Waals surface area contributed by atoms with Crippen molar-refractivity contribution in [3.8, 4) is 22.5 Å². The first-order valence-corrected chi connectivity index (χ1v) is 17.1. The summed E-state index contributed by atoms with van der Waals surface area (Å²) in [6.45, 7) is 9.62. The third kappa shape index (κ3) is 3.05. The van der Waals surface area contributed by atoms with Gasteiger partial charge in [-0.25, -0.2) is 0 Å². The number of para-hydroxylation sites is 3. The van der Waals surface area contributed by atoms with Crippen LogP contribution in [0.1, 0.15) is 49.9 Å². The fraction of sp³-hybridized carbons (Fsp3) is 0.130. The molecular formula is C46H34N2. The predicted octanol–water partition coefficient (Wildman–Crippen LogP) is 12.0. The molecule has 2 nitrogen and oxygen atoms in total. The van der Waals surface area contributed by atoms with Gasteiger partial charge in [-0.15, -0.1) is 0 Å². The zero-order chi connectivity index (χ0) is 32.1. The molecule has 0 unspecified atom stereocenters. The van der Waals surface area contributed by atoms with Crippen LogP contribution in [0.25, 0.3) is 76.9 Å². The van der Waals surface area contributed by atoms with E-state index >= 15 is 0 Å². The summed E-state index contributed by atoms with van der Waals surface area (Å²) in [5.41, 5.74) is 15.5. The molecule has 0 N–H and O–H groups in total. The molecule has 0 amide bonds. The number of fused-ring (bicyclic) bond motifs is 10. The summed E-state index contributed by atoms with van der Waals surface area (Å²) >= 11 is 0. The largest absolute Gasteiger partial charge is 0.309 e. The third-order valence-electron chi connectivity index (χ3n) is 11.9. The van der Waals surface area contributed by atoms with Crippen LogP contribution in [0.2, 0.25) is 0 Å². The summed E-state index contributed by atoms with van der Waals surface area (Å²) in [5, 5.41) is 7.91. The van der Waals surface area contributed by atoms with Crippen LogP contribution in [0.5, 0.6) is 0 Å². The lowest BCUT2D eigenvalue weighted by Crippen LogP contribution is -2.26. The van der Waals surface area contributed by atoms with E-state index in [9.17, 15) is 0 Å². The molecule has 11 rings (SSSR count). The van der Waals surface area contributed by atoms with Crippen molar-refractivity contribution in [2.24, 2.45) is 0 Å². The van der Waals surface area contributed by atoms with E-state index in [4.69, 9.17) is 0 Å². The maximum Gasteiger partial charge on any atom is 0.0583 e. The second-order valence-corrected chi connectivity index (χ2v) is 15.0. The molecule has 1 aliphatic heterocycles. The first-order valence-electron chi connectivity index (χ1n) is 17.1. The molecule has 48 heavy (non-hydrogen) atoms. The Hall–Kier alpha value is -5.60. The zero-order valence-electron chi connectivity index (χ0n) is 27.6. The highest BCUT2D eigenvalue weighted by molar-refractivity contribution is 6.16. The van der Waals surface area contributed by atoms with Crippen molar-refractivity contribution in [1.82, 2.24) is 9.13 Å². The fourth-order valence-corrected chi connectivity index (χ4v) is 9.54. The van der Waals surface area contributed by atoms with Crippen LogP contribution in [0.4, 0.5) is 0 Å². The Bertz CT molecular complexity index is 2830. The fourth-order valence-electron chi connectivity index (χ4n) is 9.54. The summed E-state index contributed by atoms with van der Waals surface area (Å²) < 4.78 is 5.06. The van der Waals surface area contributed by atoms with E-state index in [-0.39, 0.29) is 10.8 Å². The molecule has 0 atom stereocenters. The Balaban J connectivity index is 1.34. The van der Waals surface area contributed by atoms with Crippen molar-refractivity contribution in [2.45, 2.75) is 38.5 Å². The molecule has 1 aliphatic carbocycles. The normalized spacial score (nSPS) is 15.4. The second-order valence-electron chi connectivity index (χ2n) is 15.0. The molecule has 2 aliphatic rings. The van der Waals surface area contributed by atoms with Crippen molar-refractivity contribution >= 4 is 54.4 Å². The van der Waals surface area contributed by atoms with Gasteiger partial charge in [-0.05, 0) is 86.6 Å². The molecule has 0 spiro atoms. The number of hydrogen-bond donors (Lipinski definition) is 0. The number of aromatic nitrogens is 2. The minimum absolute atomic E-state index is 0.140. The monoisotopic (exact) mass is 614 g/mol. The molecule has 0 radical (unpaired) electrons. The number of benzene rings is 7. The quantitative estimate of drug-likeness (QED) is 0.174. The highest BCUT2D eigenvalue weighted by Crippen LogP contribution is 2.53. The van der Waals surface area contributed by atoms with E-state index in [1.807, 2.05) is 0 Å². The second kappa shape index (κ2) is 8.65. The van der Waals surface area contributed by atoms with Crippen LogP contribution in [-0.4, -0.2) is 9.13 Å². The van der Waals surface area contributed by atoms with Gasteiger partial charge in [0.2, 0.25) is 0 Å². The molecule has 9 aromatic rings. The van der Waals surface area contributed by atoms with Gasteiger partial charge in [-0.3, -0.25) is 0 Å². The van der Waals surface area contributed by atoms with Gasteiger partial charge < -0.3 is 9.13 Å². The smallest absolute Gasteiger partial charge is 0.0583 e. The molecule has 7 aromatic carbocycles. The van der Waals surface area contributed by atoms with Crippen LogP contribution in [0.3, 0.4) is 0 Å². The lowest BCUT2D eigenvalue weighted by molar-refractivity contribution is 0.629. The molecule has 3 heterocycles. The lowest BCUT2D eigenvalue weighted by Gasteiger charge is -2.36. The van der Waals surface area contributed by atoms with E-state index in [0.717, 1.165) is 0 Å². The molecule has 2 aromatic heterocycles. The highest BCUT2D eigenvalue weighted by Gasteiger charge is 2.38. The average molecular weight is 615 g/mol. The Kier molecular flexibility index (Phi) is 4.77. The van der Waals surface area contributed by atoms with E-state index < -0.39 is 0 Å². The molecule has 2 heteroatoms. The van der Waals surface area contributed by atoms with Crippen LogP contribution in [0.15, 0.2) is 133 Å². The van der Waals surface area contributed by atoms with Crippen molar-refractivity contribution in [3.63, 3.8) is 0 Å².